The van der Waals surface area contributed by atoms with Crippen molar-refractivity contribution in [3.63, 3.8) is 0 Å². The molecular weight excluding hydrogens is 477 g/mol. The number of unbranched alkanes of at least 4 members (excludes halogenated alkanes) is 1. The average Bonchev–Trinajstić information content (AvgIpc) is 2.94. The van der Waals surface area contributed by atoms with Gasteiger partial charge in [0.1, 0.15) is 0 Å². The standard InChI is InChI=1S/C16H20Br2FN3O2S/c1-12-8-14(10-21(12)11-20)22(7-3-2-6-19)25(23,24)16-9-13(17)4-5-15(16)18/h4-5,9,12,14H,2-3,6-8,10H2,1H3/t12-,14-/m0/s1. The minimum absolute atomic E-state index is 0.0141. The van der Waals surface area contributed by atoms with E-state index in [1.807, 2.05) is 6.92 Å². The molecule has 0 aromatic heterocycles. The molecule has 1 aromatic rings. The number of nitriles is 1. The third-order valence-electron chi connectivity index (χ3n) is 4.33. The van der Waals surface area contributed by atoms with Gasteiger partial charge in [-0.2, -0.15) is 9.57 Å². The quantitative estimate of drug-likeness (QED) is 0.424. The molecule has 5 nitrogen and oxygen atoms in total. The van der Waals surface area contributed by atoms with Crippen LogP contribution in [0.2, 0.25) is 0 Å². The maximum absolute atomic E-state index is 13.3. The SMILES string of the molecule is C[C@H]1C[C@H](N(CCCCF)S(=O)(=O)c2cc(Br)ccc2Br)CN1C#N. The zero-order chi connectivity index (χ0) is 18.6. The molecule has 1 aliphatic heterocycles. The summed E-state index contributed by atoms with van der Waals surface area (Å²) in [7, 11) is -3.78. The number of hydrogen-bond acceptors (Lipinski definition) is 4. The summed E-state index contributed by atoms with van der Waals surface area (Å²) < 4.78 is 41.6. The van der Waals surface area contributed by atoms with Crippen molar-refractivity contribution in [3.05, 3.63) is 27.1 Å². The second-order valence-electron chi connectivity index (χ2n) is 6.08. The zero-order valence-electron chi connectivity index (χ0n) is 13.8. The highest BCUT2D eigenvalue weighted by Gasteiger charge is 2.39. The molecule has 0 unspecified atom stereocenters. The highest BCUT2D eigenvalue weighted by atomic mass is 79.9. The van der Waals surface area contributed by atoms with Gasteiger partial charge < -0.3 is 4.90 Å². The van der Waals surface area contributed by atoms with E-state index >= 15 is 0 Å². The fourth-order valence-electron chi connectivity index (χ4n) is 3.01. The van der Waals surface area contributed by atoms with Crippen molar-refractivity contribution in [2.45, 2.75) is 43.2 Å². The van der Waals surface area contributed by atoms with Gasteiger partial charge in [0.15, 0.2) is 6.19 Å². The Morgan fingerprint density at radius 2 is 2.12 bits per heavy atom. The molecule has 2 atom stereocenters. The number of nitrogens with zero attached hydrogens (tertiary/aromatic N) is 3. The molecule has 1 aliphatic rings. The van der Waals surface area contributed by atoms with Gasteiger partial charge in [0, 0.05) is 34.1 Å². The van der Waals surface area contributed by atoms with Crippen LogP contribution in [0.25, 0.3) is 0 Å². The molecule has 0 bridgehead atoms. The Hall–Kier alpha value is -0.690. The van der Waals surface area contributed by atoms with Crippen LogP contribution >= 0.6 is 31.9 Å². The van der Waals surface area contributed by atoms with E-state index in [1.165, 1.54) is 4.31 Å². The van der Waals surface area contributed by atoms with E-state index in [1.54, 1.807) is 23.1 Å². The monoisotopic (exact) mass is 495 g/mol. The summed E-state index contributed by atoms with van der Waals surface area (Å²) in [5.74, 6) is 0. The number of halogens is 3. The van der Waals surface area contributed by atoms with Crippen LogP contribution < -0.4 is 0 Å². The molecule has 0 amide bonds. The van der Waals surface area contributed by atoms with Crippen molar-refractivity contribution in [2.24, 2.45) is 0 Å². The summed E-state index contributed by atoms with van der Waals surface area (Å²) in [6.07, 6.45) is 3.45. The molecule has 0 N–H and O–H groups in total. The normalized spacial score (nSPS) is 20.9. The Balaban J connectivity index is 2.37. The third-order valence-corrected chi connectivity index (χ3v) is 7.77. The predicted octanol–water partition coefficient (Wildman–Crippen LogP) is 3.90. The second kappa shape index (κ2) is 8.80. The van der Waals surface area contributed by atoms with Crippen LogP contribution in [-0.2, 0) is 10.0 Å². The van der Waals surface area contributed by atoms with Crippen molar-refractivity contribution < 1.29 is 12.8 Å². The van der Waals surface area contributed by atoms with Crippen molar-refractivity contribution in [1.82, 2.24) is 9.21 Å². The lowest BCUT2D eigenvalue weighted by molar-refractivity contribution is 0.307. The molecule has 9 heteroatoms. The highest BCUT2D eigenvalue weighted by Crippen LogP contribution is 2.32. The maximum Gasteiger partial charge on any atom is 0.244 e. The summed E-state index contributed by atoms with van der Waals surface area (Å²) in [4.78, 5) is 1.77. The topological polar surface area (TPSA) is 64.4 Å². The van der Waals surface area contributed by atoms with Gasteiger partial charge in [-0.3, -0.25) is 4.39 Å². The minimum Gasteiger partial charge on any atom is -0.306 e. The number of likely N-dealkylation sites (tertiary alicyclic amines) is 1. The first-order valence-electron chi connectivity index (χ1n) is 8.00. The lowest BCUT2D eigenvalue weighted by Crippen LogP contribution is -2.42. The van der Waals surface area contributed by atoms with Crippen molar-refractivity contribution >= 4 is 41.9 Å². The van der Waals surface area contributed by atoms with Gasteiger partial charge in [-0.25, -0.2) is 8.42 Å². The third kappa shape index (κ3) is 4.73. The first-order valence-corrected chi connectivity index (χ1v) is 11.0. The van der Waals surface area contributed by atoms with Crippen LogP contribution in [0.4, 0.5) is 4.39 Å². The van der Waals surface area contributed by atoms with Crippen molar-refractivity contribution in [2.75, 3.05) is 19.8 Å². The van der Waals surface area contributed by atoms with Gasteiger partial charge in [-0.15, -0.1) is 0 Å². The van der Waals surface area contributed by atoms with E-state index in [4.69, 9.17) is 0 Å². The maximum atomic E-state index is 13.3. The van der Waals surface area contributed by atoms with Crippen molar-refractivity contribution in [3.8, 4) is 6.19 Å². The number of hydrogen-bond donors (Lipinski definition) is 0. The highest BCUT2D eigenvalue weighted by molar-refractivity contribution is 9.11. The Bertz CT molecular complexity index is 754. The molecule has 0 saturated carbocycles. The van der Waals surface area contributed by atoms with Crippen LogP contribution in [0.15, 0.2) is 32.0 Å². The van der Waals surface area contributed by atoms with Gasteiger partial charge in [-0.05, 0) is 60.3 Å². The van der Waals surface area contributed by atoms with Crippen LogP contribution in [-0.4, -0.2) is 49.5 Å². The molecule has 1 fully saturated rings. The predicted molar refractivity (Wildman–Crippen MR) is 101 cm³/mol. The second-order valence-corrected chi connectivity index (χ2v) is 9.71. The number of sulfonamides is 1. The molecule has 0 aliphatic carbocycles. The Morgan fingerprint density at radius 3 is 2.72 bits per heavy atom. The van der Waals surface area contributed by atoms with E-state index in [2.05, 4.69) is 38.1 Å². The van der Waals surface area contributed by atoms with Gasteiger partial charge in [0.05, 0.1) is 11.6 Å². The largest absolute Gasteiger partial charge is 0.306 e. The minimum atomic E-state index is -3.78. The molecule has 0 spiro atoms. The molecule has 1 saturated heterocycles. The van der Waals surface area contributed by atoms with Gasteiger partial charge in [-0.1, -0.05) is 15.9 Å². The Kier molecular flexibility index (Phi) is 7.26. The summed E-state index contributed by atoms with van der Waals surface area (Å²) in [5.41, 5.74) is 0. The van der Waals surface area contributed by atoms with Crippen LogP contribution in [0, 0.1) is 11.5 Å². The van der Waals surface area contributed by atoms with Crippen molar-refractivity contribution in [1.29, 1.82) is 5.26 Å². The molecule has 1 aromatic carbocycles. The number of alkyl halides is 1. The summed E-state index contributed by atoms with van der Waals surface area (Å²) >= 11 is 6.62. The smallest absolute Gasteiger partial charge is 0.244 e. The molecule has 2 rings (SSSR count). The van der Waals surface area contributed by atoms with E-state index < -0.39 is 16.7 Å². The average molecular weight is 497 g/mol. The molecule has 25 heavy (non-hydrogen) atoms. The lowest BCUT2D eigenvalue weighted by atomic mass is 10.2. The number of rotatable bonds is 7. The van der Waals surface area contributed by atoms with E-state index in [0.29, 0.717) is 34.8 Å². The van der Waals surface area contributed by atoms with E-state index in [9.17, 15) is 18.1 Å². The Labute approximate surface area is 165 Å². The van der Waals surface area contributed by atoms with Gasteiger partial charge in [0.25, 0.3) is 0 Å². The molecular formula is C16H20Br2FN3O2S. The number of benzene rings is 1. The molecule has 1 heterocycles. The zero-order valence-corrected chi connectivity index (χ0v) is 17.8. The summed E-state index contributed by atoms with van der Waals surface area (Å²) in [5, 5.41) is 9.20. The fraction of sp³-hybridized carbons (Fsp3) is 0.562. The molecule has 138 valence electrons. The Morgan fingerprint density at radius 1 is 1.40 bits per heavy atom. The molecule has 0 radical (unpaired) electrons. The first kappa shape index (κ1) is 20.6. The first-order chi connectivity index (χ1) is 11.8. The lowest BCUT2D eigenvalue weighted by Gasteiger charge is -2.28. The van der Waals surface area contributed by atoms with Gasteiger partial charge in [0.2, 0.25) is 10.0 Å². The summed E-state index contributed by atoms with van der Waals surface area (Å²) in [6.45, 7) is 2.03. The van der Waals surface area contributed by atoms with E-state index in [-0.39, 0.29) is 23.5 Å². The van der Waals surface area contributed by atoms with Crippen LogP contribution in [0.5, 0.6) is 0 Å². The fourth-order valence-corrected chi connectivity index (χ4v) is 6.14. The van der Waals surface area contributed by atoms with Crippen LogP contribution in [0.3, 0.4) is 0 Å². The van der Waals surface area contributed by atoms with Gasteiger partial charge >= 0.3 is 0 Å². The van der Waals surface area contributed by atoms with E-state index in [0.717, 1.165) is 0 Å². The van der Waals surface area contributed by atoms with Crippen LogP contribution in [0.1, 0.15) is 26.2 Å². The summed E-state index contributed by atoms with van der Waals surface area (Å²) in [6, 6.07) is 4.67.